The van der Waals surface area contributed by atoms with E-state index in [2.05, 4.69) is 4.98 Å². The predicted molar refractivity (Wildman–Crippen MR) is 73.1 cm³/mol. The zero-order valence-corrected chi connectivity index (χ0v) is 10.2. The lowest BCUT2D eigenvalue weighted by molar-refractivity contribution is 0.412. The van der Waals surface area contributed by atoms with E-state index in [0.29, 0.717) is 5.58 Å². The van der Waals surface area contributed by atoms with Crippen LogP contribution in [0.4, 0.5) is 0 Å². The maximum atomic E-state index is 9.08. The third-order valence-electron chi connectivity index (χ3n) is 2.97. The van der Waals surface area contributed by atoms with Crippen molar-refractivity contribution < 1.29 is 14.5 Å². The van der Waals surface area contributed by atoms with Crippen molar-refractivity contribution in [3.05, 3.63) is 59.9 Å². The quantitative estimate of drug-likeness (QED) is 0.686. The molecule has 0 amide bonds. The van der Waals surface area contributed by atoms with Crippen LogP contribution in [0.1, 0.15) is 11.3 Å². The van der Waals surface area contributed by atoms with Gasteiger partial charge in [0.15, 0.2) is 0 Å². The summed E-state index contributed by atoms with van der Waals surface area (Å²) >= 11 is 0. The summed E-state index contributed by atoms with van der Waals surface area (Å²) in [5.41, 5.74) is 2.90. The highest BCUT2D eigenvalue weighted by Gasteiger charge is 2.16. The molecule has 0 saturated carbocycles. The van der Waals surface area contributed by atoms with Gasteiger partial charge in [-0.1, -0.05) is 12.1 Å². The Balaban J connectivity index is 1.93. The van der Waals surface area contributed by atoms with Gasteiger partial charge in [0, 0.05) is 23.7 Å². The molecule has 3 aromatic rings. The van der Waals surface area contributed by atoms with E-state index in [9.17, 15) is 0 Å². The van der Waals surface area contributed by atoms with Crippen LogP contribution in [0.15, 0.2) is 53.1 Å². The van der Waals surface area contributed by atoms with Gasteiger partial charge in [0.2, 0.25) is 0 Å². The van der Waals surface area contributed by atoms with Crippen LogP contribution in [0.2, 0.25) is 0 Å². The summed E-state index contributed by atoms with van der Waals surface area (Å²) in [6, 6.07) is 13.2. The molecule has 2 N–H and O–H groups in total. The molecule has 0 unspecified atom stereocenters. The molecule has 5 heteroatoms. The molecule has 0 aliphatic rings. The minimum absolute atomic E-state index is 0.157. The van der Waals surface area contributed by atoms with E-state index >= 15 is 0 Å². The molecule has 4 nitrogen and oxygen atoms in total. The summed E-state index contributed by atoms with van der Waals surface area (Å²) in [5.74, 6) is 0. The molecule has 2 heterocycles. The zero-order chi connectivity index (χ0) is 13.2. The van der Waals surface area contributed by atoms with Gasteiger partial charge in [0.05, 0.1) is 0 Å². The maximum absolute atomic E-state index is 9.08. The van der Waals surface area contributed by atoms with Gasteiger partial charge in [-0.3, -0.25) is 4.98 Å². The summed E-state index contributed by atoms with van der Waals surface area (Å²) in [4.78, 5) is 4.28. The van der Waals surface area contributed by atoms with Gasteiger partial charge in [-0.15, -0.1) is 0 Å². The molecule has 0 aliphatic heterocycles. The van der Waals surface area contributed by atoms with Gasteiger partial charge < -0.3 is 14.5 Å². The average Bonchev–Trinajstić information content (AvgIpc) is 2.83. The minimum atomic E-state index is -1.58. The first-order valence-corrected chi connectivity index (χ1v) is 6.01. The van der Waals surface area contributed by atoms with E-state index in [4.69, 9.17) is 14.5 Å². The molecule has 0 spiro atoms. The lowest BCUT2D eigenvalue weighted by atomic mass is 9.88. The Hall–Kier alpha value is -2.11. The number of hydrogen-bond acceptors (Lipinski definition) is 4. The number of aromatic nitrogens is 1. The van der Waals surface area contributed by atoms with Crippen molar-refractivity contribution in [2.75, 3.05) is 0 Å². The molecule has 0 saturated heterocycles. The highest BCUT2D eigenvalue weighted by atomic mass is 16.4. The second-order valence-electron chi connectivity index (χ2n) is 4.39. The number of rotatable bonds is 3. The molecule has 0 radical (unpaired) electrons. The van der Waals surface area contributed by atoms with Gasteiger partial charge >= 0.3 is 7.12 Å². The third kappa shape index (κ3) is 2.52. The Morgan fingerprint density at radius 3 is 2.74 bits per heavy atom. The van der Waals surface area contributed by atoms with Gasteiger partial charge in [-0.25, -0.2) is 0 Å². The summed E-state index contributed by atoms with van der Waals surface area (Å²) in [7, 11) is -1.58. The van der Waals surface area contributed by atoms with E-state index < -0.39 is 7.12 Å². The van der Waals surface area contributed by atoms with Crippen LogP contribution in [-0.4, -0.2) is 22.2 Å². The van der Waals surface area contributed by atoms with Crippen molar-refractivity contribution in [3.63, 3.8) is 0 Å². The first-order chi connectivity index (χ1) is 9.22. The van der Waals surface area contributed by atoms with Gasteiger partial charge in [0.1, 0.15) is 11.2 Å². The molecule has 0 fully saturated rings. The Bertz CT molecular complexity index is 694. The average molecular weight is 253 g/mol. The second-order valence-corrected chi connectivity index (χ2v) is 4.39. The van der Waals surface area contributed by atoms with Crippen molar-refractivity contribution in [1.29, 1.82) is 0 Å². The molecule has 3 rings (SSSR count). The minimum Gasteiger partial charge on any atom is -0.465 e. The number of pyridine rings is 1. The summed E-state index contributed by atoms with van der Waals surface area (Å²) in [6.07, 6.45) is 2.50. The Morgan fingerprint density at radius 2 is 2.00 bits per heavy atom. The van der Waals surface area contributed by atoms with E-state index in [-0.39, 0.29) is 5.66 Å². The van der Waals surface area contributed by atoms with Crippen molar-refractivity contribution in [2.24, 2.45) is 0 Å². The topological polar surface area (TPSA) is 66.5 Å². The fraction of sp³-hybridized carbons (Fsp3) is 0.0714. The van der Waals surface area contributed by atoms with Crippen LogP contribution in [-0.2, 0) is 6.42 Å². The van der Waals surface area contributed by atoms with Crippen LogP contribution in [0.3, 0.4) is 0 Å². The van der Waals surface area contributed by atoms with Gasteiger partial charge in [-0.2, -0.15) is 0 Å². The Labute approximate surface area is 110 Å². The summed E-state index contributed by atoms with van der Waals surface area (Å²) < 4.78 is 5.32. The van der Waals surface area contributed by atoms with Crippen LogP contribution in [0.5, 0.6) is 0 Å². The summed E-state index contributed by atoms with van der Waals surface area (Å²) in [6.45, 7) is 0. The van der Waals surface area contributed by atoms with Gasteiger partial charge in [-0.05, 0) is 35.9 Å². The second kappa shape index (κ2) is 4.88. The molecule has 94 valence electrons. The van der Waals surface area contributed by atoms with E-state index in [0.717, 1.165) is 23.1 Å². The standard InChI is InChI=1S/C14H12BNO3/c17-15(18)14-9-11-7-10(4-5-13(11)19-14)8-12-3-1-2-6-16-12/h1-7,9,17-18H,8H2. The fourth-order valence-corrected chi connectivity index (χ4v) is 2.06. The first-order valence-electron chi connectivity index (χ1n) is 6.01. The van der Waals surface area contributed by atoms with Crippen molar-refractivity contribution in [2.45, 2.75) is 6.42 Å². The van der Waals surface area contributed by atoms with Crippen molar-refractivity contribution in [1.82, 2.24) is 4.98 Å². The van der Waals surface area contributed by atoms with Gasteiger partial charge in [0.25, 0.3) is 0 Å². The third-order valence-corrected chi connectivity index (χ3v) is 2.97. The first kappa shape index (κ1) is 12.0. The van der Waals surface area contributed by atoms with E-state index in [1.165, 1.54) is 0 Å². The predicted octanol–water partition coefficient (Wildman–Crippen LogP) is 1.10. The van der Waals surface area contributed by atoms with Crippen LogP contribution in [0.25, 0.3) is 11.0 Å². The van der Waals surface area contributed by atoms with Crippen LogP contribution in [0, 0.1) is 0 Å². The molecule has 0 atom stereocenters. The maximum Gasteiger partial charge on any atom is 0.526 e. The van der Waals surface area contributed by atoms with Crippen LogP contribution >= 0.6 is 0 Å². The highest BCUT2D eigenvalue weighted by molar-refractivity contribution is 6.57. The largest absolute Gasteiger partial charge is 0.526 e. The smallest absolute Gasteiger partial charge is 0.465 e. The number of fused-ring (bicyclic) bond motifs is 1. The monoisotopic (exact) mass is 253 g/mol. The summed E-state index contributed by atoms with van der Waals surface area (Å²) in [5, 5.41) is 19.0. The lowest BCUT2D eigenvalue weighted by Crippen LogP contribution is -2.27. The molecular weight excluding hydrogens is 241 g/mol. The molecule has 0 aliphatic carbocycles. The molecule has 2 aromatic heterocycles. The zero-order valence-electron chi connectivity index (χ0n) is 10.2. The lowest BCUT2D eigenvalue weighted by Gasteiger charge is -2.00. The molecular formula is C14H12BNO3. The fourth-order valence-electron chi connectivity index (χ4n) is 2.06. The highest BCUT2D eigenvalue weighted by Crippen LogP contribution is 2.18. The molecule has 1 aromatic carbocycles. The normalized spacial score (nSPS) is 10.8. The SMILES string of the molecule is OB(O)c1cc2cc(Cc3ccccn3)ccc2o1. The molecule has 19 heavy (non-hydrogen) atoms. The van der Waals surface area contributed by atoms with Crippen molar-refractivity contribution >= 4 is 23.7 Å². The van der Waals surface area contributed by atoms with E-state index in [1.807, 2.05) is 36.4 Å². The number of hydrogen-bond donors (Lipinski definition) is 2. The molecule has 0 bridgehead atoms. The Kier molecular flexibility index (Phi) is 3.07. The number of furan rings is 1. The Morgan fingerprint density at radius 1 is 1.11 bits per heavy atom. The number of nitrogens with zero attached hydrogens (tertiary/aromatic N) is 1. The van der Waals surface area contributed by atoms with Crippen molar-refractivity contribution in [3.8, 4) is 0 Å². The van der Waals surface area contributed by atoms with Crippen LogP contribution < -0.4 is 5.66 Å². The number of benzene rings is 1. The van der Waals surface area contributed by atoms with E-state index in [1.54, 1.807) is 12.3 Å².